The van der Waals surface area contributed by atoms with Crippen molar-refractivity contribution in [2.75, 3.05) is 47.5 Å². The van der Waals surface area contributed by atoms with Gasteiger partial charge in [0.2, 0.25) is 0 Å². The molecule has 0 bridgehead atoms. The molecule has 2 atom stereocenters. The summed E-state index contributed by atoms with van der Waals surface area (Å²) in [6, 6.07) is 0. The van der Waals surface area contributed by atoms with E-state index in [1.165, 1.54) is 122 Å². The van der Waals surface area contributed by atoms with Gasteiger partial charge in [-0.15, -0.1) is 0 Å². The highest BCUT2D eigenvalue weighted by Crippen LogP contribution is 2.16. The summed E-state index contributed by atoms with van der Waals surface area (Å²) in [5, 5.41) is 9.64. The molecule has 0 radical (unpaired) electrons. The van der Waals surface area contributed by atoms with Crippen LogP contribution in [0.15, 0.2) is 85.1 Å². The fraction of sp³-hybridized carbons (Fsp3) is 0.726. The highest BCUT2D eigenvalue weighted by atomic mass is 16.7. The summed E-state index contributed by atoms with van der Waals surface area (Å²) >= 11 is 0. The van der Waals surface area contributed by atoms with Gasteiger partial charge in [-0.3, -0.25) is 9.59 Å². The Labute approximate surface area is 436 Å². The van der Waals surface area contributed by atoms with Crippen molar-refractivity contribution in [2.45, 2.75) is 245 Å². The fourth-order valence-electron chi connectivity index (χ4n) is 7.76. The van der Waals surface area contributed by atoms with Gasteiger partial charge in [-0.05, 0) is 70.6 Å². The van der Waals surface area contributed by atoms with Gasteiger partial charge < -0.3 is 28.5 Å². The Kier molecular flexibility index (Phi) is 50.2. The van der Waals surface area contributed by atoms with E-state index in [2.05, 4.69) is 98.9 Å². The Morgan fingerprint density at radius 3 is 1.20 bits per heavy atom. The molecule has 0 saturated heterocycles. The second kappa shape index (κ2) is 52.8. The van der Waals surface area contributed by atoms with Gasteiger partial charge in [0.15, 0.2) is 6.10 Å². The molecule has 1 N–H and O–H groups in total. The molecule has 0 aromatic carbocycles. The van der Waals surface area contributed by atoms with E-state index in [0.29, 0.717) is 17.4 Å². The Balaban J connectivity index is 3.93. The third-order valence-electron chi connectivity index (χ3n) is 12.2. The largest absolute Gasteiger partial charge is 0.477 e. The van der Waals surface area contributed by atoms with E-state index >= 15 is 0 Å². The molecule has 71 heavy (non-hydrogen) atoms. The normalized spacial score (nSPS) is 13.4. The maximum atomic E-state index is 12.8. The Bertz CT molecular complexity index is 1440. The molecule has 0 aliphatic rings. The minimum absolute atomic E-state index is 0.181. The molecular weight excluding hydrogens is 887 g/mol. The molecule has 9 nitrogen and oxygen atoms in total. The van der Waals surface area contributed by atoms with Gasteiger partial charge in [-0.25, -0.2) is 4.79 Å². The number of carboxylic acids is 1. The summed E-state index contributed by atoms with van der Waals surface area (Å²) in [5.74, 6) is -2.01. The van der Waals surface area contributed by atoms with E-state index < -0.39 is 24.3 Å². The zero-order valence-electron chi connectivity index (χ0n) is 46.4. The zero-order chi connectivity index (χ0) is 52.0. The number of rotatable bonds is 52. The van der Waals surface area contributed by atoms with Gasteiger partial charge >= 0.3 is 17.9 Å². The lowest BCUT2D eigenvalue weighted by atomic mass is 10.0. The van der Waals surface area contributed by atoms with E-state index in [9.17, 15) is 19.5 Å². The maximum absolute atomic E-state index is 12.8. The fourth-order valence-corrected chi connectivity index (χ4v) is 7.76. The Hall–Kier alpha value is -3.53. The van der Waals surface area contributed by atoms with Crippen LogP contribution >= 0.6 is 0 Å². The highest BCUT2D eigenvalue weighted by Gasteiger charge is 2.25. The predicted molar refractivity (Wildman–Crippen MR) is 299 cm³/mol. The zero-order valence-corrected chi connectivity index (χ0v) is 46.4. The molecule has 0 aromatic rings. The molecule has 0 spiro atoms. The van der Waals surface area contributed by atoms with Crippen LogP contribution in [0.25, 0.3) is 0 Å². The molecular formula is C62H108NO8+. The first-order valence-corrected chi connectivity index (χ1v) is 28.8. The molecule has 0 amide bonds. The third kappa shape index (κ3) is 54.1. The van der Waals surface area contributed by atoms with Crippen molar-refractivity contribution in [2.24, 2.45) is 0 Å². The molecule has 0 aliphatic heterocycles. The van der Waals surface area contributed by atoms with Crippen LogP contribution in [0.5, 0.6) is 0 Å². The number of hydrogen-bond acceptors (Lipinski definition) is 7. The number of unbranched alkanes of at least 4 members (excludes halogenated alkanes) is 23. The predicted octanol–water partition coefficient (Wildman–Crippen LogP) is 16.8. The Morgan fingerprint density at radius 2 is 0.803 bits per heavy atom. The van der Waals surface area contributed by atoms with E-state index in [-0.39, 0.29) is 32.2 Å². The summed E-state index contributed by atoms with van der Waals surface area (Å²) in [5.41, 5.74) is 0. The minimum Gasteiger partial charge on any atom is -0.477 e. The van der Waals surface area contributed by atoms with E-state index in [1.807, 2.05) is 21.1 Å². The maximum Gasteiger partial charge on any atom is 0.361 e. The van der Waals surface area contributed by atoms with Gasteiger partial charge in [0.05, 0.1) is 34.4 Å². The van der Waals surface area contributed by atoms with Crippen LogP contribution in [0.1, 0.15) is 232 Å². The number of carbonyl (C=O) groups is 3. The van der Waals surface area contributed by atoms with Crippen molar-refractivity contribution in [3.63, 3.8) is 0 Å². The lowest BCUT2D eigenvalue weighted by molar-refractivity contribution is -0.870. The number of quaternary nitrogens is 1. The molecule has 0 aliphatic carbocycles. The van der Waals surface area contributed by atoms with Crippen LogP contribution in [0.3, 0.4) is 0 Å². The van der Waals surface area contributed by atoms with Gasteiger partial charge in [-0.1, -0.05) is 234 Å². The summed E-state index contributed by atoms with van der Waals surface area (Å²) in [7, 11) is 5.96. The van der Waals surface area contributed by atoms with Crippen LogP contribution in [-0.4, -0.2) is 87.4 Å². The Morgan fingerprint density at radius 1 is 0.437 bits per heavy atom. The SMILES string of the molecule is CC/C=C\C/C=C\C/C=C\C/C=C\C/C=C\C/C=C\C/C=C\CCCCCCCCCCCCCCCCCCCC(=O)OC(COC(=O)CCCCCCCCC)COC(OCC[N+](C)(C)C)C(=O)O. The van der Waals surface area contributed by atoms with Gasteiger partial charge in [-0.2, -0.15) is 0 Å². The smallest absolute Gasteiger partial charge is 0.361 e. The average molecular weight is 996 g/mol. The number of carboxylic acid groups (broad SMARTS) is 1. The highest BCUT2D eigenvalue weighted by molar-refractivity contribution is 5.71. The molecule has 0 aromatic heterocycles. The first kappa shape index (κ1) is 67.5. The quantitative estimate of drug-likeness (QED) is 0.0211. The topological polar surface area (TPSA) is 108 Å². The number of ether oxygens (including phenoxy) is 4. The second-order valence-electron chi connectivity index (χ2n) is 20.2. The lowest BCUT2D eigenvalue weighted by Crippen LogP contribution is -2.40. The molecule has 0 rings (SSSR count). The van der Waals surface area contributed by atoms with Crippen LogP contribution < -0.4 is 0 Å². The standard InChI is InChI=1S/C62H107NO8/c1-6-8-10-12-14-15-16-17-18-19-20-21-22-23-24-25-26-27-28-29-30-31-32-33-34-35-36-37-38-39-40-41-42-43-44-45-47-49-51-53-60(65)71-58(56-69-59(64)52-50-48-46-13-11-9-7-2)57-70-62(61(66)67)68-55-54-63(3,4)5/h8,10,14-15,17-18,20-21,23-24,26-27,29-30,58,62H,6-7,9,11-13,16,19,22,25,28,31-57H2,1-5H3/p+1/b10-8-,15-14-,18-17-,21-20-,24-23-,27-26-,30-29-. The van der Waals surface area contributed by atoms with Crippen molar-refractivity contribution < 1.29 is 42.9 Å². The number of hydrogen-bond donors (Lipinski definition) is 1. The summed E-state index contributed by atoms with van der Waals surface area (Å²) in [6.45, 7) is 4.71. The lowest BCUT2D eigenvalue weighted by Gasteiger charge is -2.25. The average Bonchev–Trinajstić information content (AvgIpc) is 3.34. The number of esters is 2. The molecule has 0 heterocycles. The van der Waals surface area contributed by atoms with Gasteiger partial charge in [0, 0.05) is 12.8 Å². The van der Waals surface area contributed by atoms with Crippen LogP contribution in [0.4, 0.5) is 0 Å². The monoisotopic (exact) mass is 995 g/mol. The van der Waals surface area contributed by atoms with E-state index in [1.54, 1.807) is 0 Å². The van der Waals surface area contributed by atoms with Crippen molar-refractivity contribution in [1.82, 2.24) is 0 Å². The van der Waals surface area contributed by atoms with Crippen molar-refractivity contribution in [3.05, 3.63) is 85.1 Å². The van der Waals surface area contributed by atoms with E-state index in [4.69, 9.17) is 18.9 Å². The van der Waals surface area contributed by atoms with Crippen molar-refractivity contribution in [1.29, 1.82) is 0 Å². The van der Waals surface area contributed by atoms with Crippen LogP contribution in [-0.2, 0) is 33.3 Å². The van der Waals surface area contributed by atoms with E-state index in [0.717, 1.165) is 83.5 Å². The number of aliphatic carboxylic acids is 1. The second-order valence-corrected chi connectivity index (χ2v) is 20.2. The van der Waals surface area contributed by atoms with Crippen LogP contribution in [0, 0.1) is 0 Å². The number of likely N-dealkylation sites (N-methyl/N-ethyl adjacent to an activating group) is 1. The van der Waals surface area contributed by atoms with Crippen molar-refractivity contribution in [3.8, 4) is 0 Å². The molecule has 0 saturated carbocycles. The molecule has 9 heteroatoms. The van der Waals surface area contributed by atoms with Gasteiger partial charge in [0.25, 0.3) is 6.29 Å². The van der Waals surface area contributed by atoms with Gasteiger partial charge in [0.1, 0.15) is 13.2 Å². The number of allylic oxidation sites excluding steroid dienone is 14. The van der Waals surface area contributed by atoms with Crippen molar-refractivity contribution >= 4 is 17.9 Å². The minimum atomic E-state index is -1.51. The summed E-state index contributed by atoms with van der Waals surface area (Å²) < 4.78 is 22.7. The number of carbonyl (C=O) groups excluding carboxylic acids is 2. The number of nitrogens with zero attached hydrogens (tertiary/aromatic N) is 1. The summed E-state index contributed by atoms with van der Waals surface area (Å²) in [6.07, 6.45) is 67.1. The van der Waals surface area contributed by atoms with Crippen LogP contribution in [0.2, 0.25) is 0 Å². The molecule has 0 fully saturated rings. The first-order valence-electron chi connectivity index (χ1n) is 28.8. The summed E-state index contributed by atoms with van der Waals surface area (Å²) in [4.78, 5) is 37.1. The third-order valence-corrected chi connectivity index (χ3v) is 12.2. The first-order chi connectivity index (χ1) is 34.6. The molecule has 2 unspecified atom stereocenters. The molecule has 408 valence electrons.